The fourth-order valence-electron chi connectivity index (χ4n) is 4.70. The molecule has 4 aromatic rings. The normalized spacial score (nSPS) is 13.7. The fraction of sp³-hybridized carbons (Fsp3) is 0.296. The molecule has 6 nitrogen and oxygen atoms in total. The maximum Gasteiger partial charge on any atom is 0.228 e. The summed E-state index contributed by atoms with van der Waals surface area (Å²) in [6, 6.07) is 18.7. The average Bonchev–Trinajstić information content (AvgIpc) is 3.22. The van der Waals surface area contributed by atoms with Gasteiger partial charge in [0.25, 0.3) is 0 Å². The first-order valence-electron chi connectivity index (χ1n) is 11.5. The predicted molar refractivity (Wildman–Crippen MR) is 131 cm³/mol. The number of hydrogen-bond donors (Lipinski definition) is 1. The van der Waals surface area contributed by atoms with Crippen LogP contribution in [0.3, 0.4) is 0 Å². The molecule has 0 radical (unpaired) electrons. The van der Waals surface area contributed by atoms with Crippen molar-refractivity contribution in [2.45, 2.75) is 39.3 Å². The minimum atomic E-state index is 0.143. The number of H-pyrrole nitrogens is 1. The van der Waals surface area contributed by atoms with E-state index in [1.807, 2.05) is 24.0 Å². The highest BCUT2D eigenvalue weighted by Gasteiger charge is 2.28. The van der Waals surface area contributed by atoms with Crippen molar-refractivity contribution in [1.82, 2.24) is 19.9 Å². The van der Waals surface area contributed by atoms with Crippen LogP contribution in [0.4, 0.5) is 5.82 Å². The Morgan fingerprint density at radius 1 is 1.00 bits per heavy atom. The van der Waals surface area contributed by atoms with E-state index in [9.17, 15) is 4.79 Å². The second-order valence-electron chi connectivity index (χ2n) is 8.84. The maximum absolute atomic E-state index is 12.9. The van der Waals surface area contributed by atoms with Gasteiger partial charge in [-0.1, -0.05) is 48.5 Å². The van der Waals surface area contributed by atoms with Crippen molar-refractivity contribution in [2.75, 3.05) is 18.5 Å². The lowest BCUT2D eigenvalue weighted by molar-refractivity contribution is -0.118. The van der Waals surface area contributed by atoms with Crippen molar-refractivity contribution in [3.05, 3.63) is 89.0 Å². The van der Waals surface area contributed by atoms with Gasteiger partial charge in [0.05, 0.1) is 6.54 Å². The number of benzene rings is 2. The Morgan fingerprint density at radius 2 is 1.79 bits per heavy atom. The molecule has 33 heavy (non-hydrogen) atoms. The third-order valence-electron chi connectivity index (χ3n) is 6.37. The lowest BCUT2D eigenvalue weighted by Gasteiger charge is -2.29. The SMILES string of the molecule is Cc1nc(CN(C)Cc2ccccc2)nc2c1CCC(=O)N2CCc1c[nH]c2ccccc12. The first-order valence-corrected chi connectivity index (χ1v) is 11.5. The molecule has 0 unspecified atom stereocenters. The zero-order valence-electron chi connectivity index (χ0n) is 19.2. The van der Waals surface area contributed by atoms with Crippen LogP contribution < -0.4 is 4.90 Å². The van der Waals surface area contributed by atoms with Gasteiger partial charge in [-0.05, 0) is 44.0 Å². The highest BCUT2D eigenvalue weighted by atomic mass is 16.2. The van der Waals surface area contributed by atoms with E-state index >= 15 is 0 Å². The number of carbonyl (C=O) groups excluding carboxylic acids is 1. The highest BCUT2D eigenvalue weighted by molar-refractivity contribution is 5.95. The summed E-state index contributed by atoms with van der Waals surface area (Å²) in [5.74, 6) is 1.70. The van der Waals surface area contributed by atoms with Crippen molar-refractivity contribution in [2.24, 2.45) is 0 Å². The minimum absolute atomic E-state index is 0.143. The van der Waals surface area contributed by atoms with E-state index in [1.165, 1.54) is 16.5 Å². The van der Waals surface area contributed by atoms with Crippen molar-refractivity contribution in [3.8, 4) is 0 Å². The molecule has 0 aliphatic carbocycles. The van der Waals surface area contributed by atoms with Crippen LogP contribution in [0.15, 0.2) is 60.8 Å². The van der Waals surface area contributed by atoms with Gasteiger partial charge in [-0.2, -0.15) is 0 Å². The molecule has 0 saturated carbocycles. The molecule has 0 saturated heterocycles. The van der Waals surface area contributed by atoms with Crippen molar-refractivity contribution in [3.63, 3.8) is 0 Å². The lowest BCUT2D eigenvalue weighted by Crippen LogP contribution is -2.38. The van der Waals surface area contributed by atoms with Crippen molar-refractivity contribution < 1.29 is 4.79 Å². The van der Waals surface area contributed by atoms with Gasteiger partial charge < -0.3 is 4.98 Å². The first kappa shape index (κ1) is 21.3. The van der Waals surface area contributed by atoms with Gasteiger partial charge >= 0.3 is 0 Å². The summed E-state index contributed by atoms with van der Waals surface area (Å²) in [7, 11) is 2.07. The molecule has 0 spiro atoms. The standard InChI is InChI=1S/C27H29N5O/c1-19-22-12-13-26(33)32(15-14-21-16-28-24-11-7-6-10-23(21)24)27(22)30-25(29-19)18-31(2)17-20-8-4-3-5-9-20/h3-11,16,28H,12-15,17-18H2,1-2H3. The number of nitrogens with one attached hydrogen (secondary N) is 1. The molecule has 2 aromatic carbocycles. The van der Waals surface area contributed by atoms with Crippen molar-refractivity contribution >= 4 is 22.6 Å². The molecule has 2 aromatic heterocycles. The summed E-state index contributed by atoms with van der Waals surface area (Å²) in [5, 5.41) is 1.21. The molecule has 0 fully saturated rings. The predicted octanol–water partition coefficient (Wildman–Crippen LogP) is 4.42. The summed E-state index contributed by atoms with van der Waals surface area (Å²) in [5.41, 5.74) is 5.68. The number of anilines is 1. The molecule has 1 amide bonds. The molecule has 0 bridgehead atoms. The Morgan fingerprint density at radius 3 is 2.64 bits per heavy atom. The number of aromatic nitrogens is 3. The number of amides is 1. The number of para-hydroxylation sites is 1. The molecule has 0 atom stereocenters. The molecular weight excluding hydrogens is 410 g/mol. The molecule has 1 N–H and O–H groups in total. The van der Waals surface area contributed by atoms with E-state index in [-0.39, 0.29) is 5.91 Å². The van der Waals surface area contributed by atoms with Crippen LogP contribution in [0.2, 0.25) is 0 Å². The third-order valence-corrected chi connectivity index (χ3v) is 6.37. The summed E-state index contributed by atoms with van der Waals surface area (Å²) >= 11 is 0. The van der Waals surface area contributed by atoms with E-state index in [0.29, 0.717) is 25.9 Å². The van der Waals surface area contributed by atoms with E-state index in [1.54, 1.807) is 0 Å². The zero-order valence-corrected chi connectivity index (χ0v) is 19.2. The maximum atomic E-state index is 12.9. The summed E-state index contributed by atoms with van der Waals surface area (Å²) in [4.78, 5) is 30.0. The Hall–Kier alpha value is -3.51. The van der Waals surface area contributed by atoms with Crippen molar-refractivity contribution in [1.29, 1.82) is 0 Å². The molecule has 6 heteroatoms. The van der Waals surface area contributed by atoms with E-state index in [0.717, 1.165) is 41.4 Å². The smallest absolute Gasteiger partial charge is 0.228 e. The number of aromatic amines is 1. The van der Waals surface area contributed by atoms with E-state index in [4.69, 9.17) is 9.97 Å². The number of carbonyl (C=O) groups is 1. The van der Waals surface area contributed by atoms with Crippen LogP contribution in [0.1, 0.15) is 34.6 Å². The second kappa shape index (κ2) is 9.16. The monoisotopic (exact) mass is 439 g/mol. The summed E-state index contributed by atoms with van der Waals surface area (Å²) in [6.07, 6.45) is 4.05. The van der Waals surface area contributed by atoms with Gasteiger partial charge in [-0.15, -0.1) is 0 Å². The van der Waals surface area contributed by atoms with Gasteiger partial charge in [0, 0.05) is 47.9 Å². The number of rotatable bonds is 7. The number of fused-ring (bicyclic) bond motifs is 2. The second-order valence-corrected chi connectivity index (χ2v) is 8.84. The van der Waals surface area contributed by atoms with E-state index < -0.39 is 0 Å². The quantitative estimate of drug-likeness (QED) is 0.463. The Kier molecular flexibility index (Phi) is 5.92. The van der Waals surface area contributed by atoms with Crippen LogP contribution in [0, 0.1) is 6.92 Å². The molecule has 168 valence electrons. The third kappa shape index (κ3) is 4.52. The summed E-state index contributed by atoms with van der Waals surface area (Å²) in [6.45, 7) is 4.11. The minimum Gasteiger partial charge on any atom is -0.361 e. The van der Waals surface area contributed by atoms with Gasteiger partial charge in [0.1, 0.15) is 11.6 Å². The lowest BCUT2D eigenvalue weighted by atomic mass is 10.0. The molecule has 1 aliphatic heterocycles. The van der Waals surface area contributed by atoms with Gasteiger partial charge in [-0.3, -0.25) is 14.6 Å². The fourth-order valence-corrected chi connectivity index (χ4v) is 4.70. The van der Waals surface area contributed by atoms with E-state index in [2.05, 4.69) is 65.6 Å². The largest absolute Gasteiger partial charge is 0.361 e. The van der Waals surface area contributed by atoms with Gasteiger partial charge in [0.2, 0.25) is 5.91 Å². The number of hydrogen-bond acceptors (Lipinski definition) is 4. The molecule has 3 heterocycles. The van der Waals surface area contributed by atoms with Crippen LogP contribution in [-0.2, 0) is 30.7 Å². The summed E-state index contributed by atoms with van der Waals surface area (Å²) < 4.78 is 0. The van der Waals surface area contributed by atoms with Crippen LogP contribution >= 0.6 is 0 Å². The molecule has 5 rings (SSSR count). The molecule has 1 aliphatic rings. The Bertz CT molecular complexity index is 1280. The first-order chi connectivity index (χ1) is 16.1. The average molecular weight is 440 g/mol. The van der Waals surface area contributed by atoms with Gasteiger partial charge in [-0.25, -0.2) is 9.97 Å². The van der Waals surface area contributed by atoms with Crippen LogP contribution in [0.5, 0.6) is 0 Å². The Balaban J connectivity index is 1.36. The highest BCUT2D eigenvalue weighted by Crippen LogP contribution is 2.29. The van der Waals surface area contributed by atoms with Crippen LogP contribution in [0.25, 0.3) is 10.9 Å². The molecular formula is C27H29N5O. The number of aryl methyl sites for hydroxylation is 1. The zero-order chi connectivity index (χ0) is 22.8. The van der Waals surface area contributed by atoms with Crippen LogP contribution in [-0.4, -0.2) is 39.4 Å². The number of nitrogens with zero attached hydrogens (tertiary/aromatic N) is 4. The topological polar surface area (TPSA) is 65.1 Å². The van der Waals surface area contributed by atoms with Gasteiger partial charge in [0.15, 0.2) is 0 Å². The Labute approximate surface area is 194 Å².